The lowest BCUT2D eigenvalue weighted by molar-refractivity contribution is 0.157. The third-order valence-corrected chi connectivity index (χ3v) is 4.14. The molecule has 0 unspecified atom stereocenters. The van der Waals surface area contributed by atoms with Crippen molar-refractivity contribution in [3.05, 3.63) is 0 Å². The number of ether oxygens (including phenoxy) is 1. The van der Waals surface area contributed by atoms with E-state index in [2.05, 4.69) is 4.74 Å². The van der Waals surface area contributed by atoms with Crippen LogP contribution >= 0.6 is 12.2 Å². The SMILES string of the molecule is CCOC(=O)NS(=O)(=O)N1CCN(CC(N)=S)CC1. The van der Waals surface area contributed by atoms with Crippen LogP contribution in [0.15, 0.2) is 0 Å². The van der Waals surface area contributed by atoms with E-state index >= 15 is 0 Å². The van der Waals surface area contributed by atoms with E-state index in [9.17, 15) is 13.2 Å². The third kappa shape index (κ3) is 5.27. The summed E-state index contributed by atoms with van der Waals surface area (Å²) < 4.78 is 31.3. The van der Waals surface area contributed by atoms with E-state index in [4.69, 9.17) is 18.0 Å². The van der Waals surface area contributed by atoms with Gasteiger partial charge in [0.2, 0.25) is 0 Å². The minimum atomic E-state index is -3.84. The van der Waals surface area contributed by atoms with Crippen molar-refractivity contribution in [2.45, 2.75) is 6.92 Å². The normalized spacial score (nSPS) is 17.9. The van der Waals surface area contributed by atoms with Crippen LogP contribution in [0.3, 0.4) is 0 Å². The lowest BCUT2D eigenvalue weighted by Gasteiger charge is -2.33. The van der Waals surface area contributed by atoms with Gasteiger partial charge in [-0.3, -0.25) is 4.90 Å². The quantitative estimate of drug-likeness (QED) is 0.620. The molecule has 0 aliphatic carbocycles. The lowest BCUT2D eigenvalue weighted by atomic mass is 10.3. The molecule has 1 fully saturated rings. The van der Waals surface area contributed by atoms with Gasteiger partial charge in [-0.25, -0.2) is 9.52 Å². The van der Waals surface area contributed by atoms with E-state index in [0.29, 0.717) is 24.6 Å². The maximum Gasteiger partial charge on any atom is 0.421 e. The molecule has 1 heterocycles. The van der Waals surface area contributed by atoms with E-state index in [1.807, 2.05) is 9.62 Å². The Bertz CT molecular complexity index is 432. The fourth-order valence-electron chi connectivity index (χ4n) is 1.68. The number of hydrogen-bond donors (Lipinski definition) is 2. The van der Waals surface area contributed by atoms with Gasteiger partial charge in [-0.1, -0.05) is 12.2 Å². The number of carbonyl (C=O) groups excluding carboxylic acids is 1. The van der Waals surface area contributed by atoms with Gasteiger partial charge in [-0.15, -0.1) is 0 Å². The minimum Gasteiger partial charge on any atom is -0.449 e. The molecule has 1 aliphatic rings. The number of nitrogens with zero attached hydrogens (tertiary/aromatic N) is 2. The van der Waals surface area contributed by atoms with Gasteiger partial charge in [0.25, 0.3) is 0 Å². The molecule has 8 nitrogen and oxygen atoms in total. The number of piperazine rings is 1. The van der Waals surface area contributed by atoms with E-state index in [-0.39, 0.29) is 19.7 Å². The number of thiocarbonyl (C=S) groups is 1. The van der Waals surface area contributed by atoms with Crippen LogP contribution < -0.4 is 10.5 Å². The summed E-state index contributed by atoms with van der Waals surface area (Å²) >= 11 is 4.80. The van der Waals surface area contributed by atoms with Crippen molar-refractivity contribution in [2.75, 3.05) is 39.3 Å². The second kappa shape index (κ2) is 6.98. The van der Waals surface area contributed by atoms with Crippen molar-refractivity contribution in [3.8, 4) is 0 Å². The molecule has 0 aromatic carbocycles. The summed E-state index contributed by atoms with van der Waals surface area (Å²) in [5.41, 5.74) is 5.43. The van der Waals surface area contributed by atoms with E-state index in [1.165, 1.54) is 4.31 Å². The average Bonchev–Trinajstić information content (AvgIpc) is 2.28. The van der Waals surface area contributed by atoms with Crippen molar-refractivity contribution in [1.82, 2.24) is 13.9 Å². The number of amides is 1. The molecule has 3 N–H and O–H groups in total. The van der Waals surface area contributed by atoms with Crippen LogP contribution in [0, 0.1) is 0 Å². The van der Waals surface area contributed by atoms with Crippen molar-refractivity contribution in [3.63, 3.8) is 0 Å². The topological polar surface area (TPSA) is 105 Å². The zero-order valence-electron chi connectivity index (χ0n) is 10.7. The molecule has 19 heavy (non-hydrogen) atoms. The molecule has 1 amide bonds. The highest BCUT2D eigenvalue weighted by Gasteiger charge is 2.28. The van der Waals surface area contributed by atoms with Crippen molar-refractivity contribution in [1.29, 1.82) is 0 Å². The van der Waals surface area contributed by atoms with Gasteiger partial charge in [0.15, 0.2) is 0 Å². The van der Waals surface area contributed by atoms with Crippen LogP contribution in [0.1, 0.15) is 6.92 Å². The summed E-state index contributed by atoms with van der Waals surface area (Å²) in [4.78, 5) is 13.5. The molecule has 1 saturated heterocycles. The molecule has 0 aromatic rings. The summed E-state index contributed by atoms with van der Waals surface area (Å²) in [6, 6.07) is 0. The fourth-order valence-corrected chi connectivity index (χ4v) is 2.90. The molecule has 0 radical (unpaired) electrons. The molecule has 0 atom stereocenters. The van der Waals surface area contributed by atoms with Gasteiger partial charge in [-0.2, -0.15) is 12.7 Å². The molecule has 110 valence electrons. The third-order valence-electron chi connectivity index (χ3n) is 2.54. The van der Waals surface area contributed by atoms with E-state index in [0.717, 1.165) is 0 Å². The highest BCUT2D eigenvalue weighted by Crippen LogP contribution is 2.06. The zero-order chi connectivity index (χ0) is 14.5. The highest BCUT2D eigenvalue weighted by atomic mass is 32.2. The second-order valence-corrected chi connectivity index (χ2v) is 6.16. The summed E-state index contributed by atoms with van der Waals surface area (Å²) in [5, 5.41) is 0. The molecule has 0 aromatic heterocycles. The number of carbonyl (C=O) groups is 1. The summed E-state index contributed by atoms with van der Waals surface area (Å²) in [6.45, 7) is 3.76. The highest BCUT2D eigenvalue weighted by molar-refractivity contribution is 7.87. The number of nitrogens with one attached hydrogen (secondary N) is 1. The first-order valence-corrected chi connectivity index (χ1v) is 7.65. The Kier molecular flexibility index (Phi) is 5.91. The van der Waals surface area contributed by atoms with Gasteiger partial charge >= 0.3 is 16.3 Å². The molecule has 0 bridgehead atoms. The van der Waals surface area contributed by atoms with Gasteiger partial charge in [0.05, 0.1) is 11.6 Å². The Labute approximate surface area is 118 Å². The molecule has 0 saturated carbocycles. The maximum atomic E-state index is 11.8. The monoisotopic (exact) mass is 310 g/mol. The van der Waals surface area contributed by atoms with Crippen LogP contribution in [0.25, 0.3) is 0 Å². The molecular weight excluding hydrogens is 292 g/mol. The molecule has 0 spiro atoms. The minimum absolute atomic E-state index is 0.114. The van der Waals surface area contributed by atoms with Crippen LogP contribution in [-0.2, 0) is 14.9 Å². The molecule has 10 heteroatoms. The van der Waals surface area contributed by atoms with Crippen LogP contribution in [0.4, 0.5) is 4.79 Å². The lowest BCUT2D eigenvalue weighted by Crippen LogP contribution is -2.54. The summed E-state index contributed by atoms with van der Waals surface area (Å²) in [7, 11) is -3.84. The van der Waals surface area contributed by atoms with Crippen LogP contribution in [0.2, 0.25) is 0 Å². The Morgan fingerprint density at radius 1 is 1.37 bits per heavy atom. The first kappa shape index (κ1) is 16.1. The smallest absolute Gasteiger partial charge is 0.421 e. The Morgan fingerprint density at radius 2 is 1.95 bits per heavy atom. The van der Waals surface area contributed by atoms with Gasteiger partial charge in [0.1, 0.15) is 0 Å². The van der Waals surface area contributed by atoms with Crippen LogP contribution in [0.5, 0.6) is 0 Å². The standard InChI is InChI=1S/C9H18N4O4S2/c1-2-17-9(14)11-19(15,16)13-5-3-12(4-6-13)7-8(10)18/h2-7H2,1H3,(H2,10,18)(H,11,14). The van der Waals surface area contributed by atoms with Crippen molar-refractivity contribution in [2.24, 2.45) is 5.73 Å². The maximum absolute atomic E-state index is 11.8. The van der Waals surface area contributed by atoms with Crippen molar-refractivity contribution < 1.29 is 17.9 Å². The number of hydrogen-bond acceptors (Lipinski definition) is 6. The van der Waals surface area contributed by atoms with E-state index < -0.39 is 16.3 Å². The molecule has 1 rings (SSSR count). The number of rotatable bonds is 5. The Morgan fingerprint density at radius 3 is 2.42 bits per heavy atom. The zero-order valence-corrected chi connectivity index (χ0v) is 12.3. The largest absolute Gasteiger partial charge is 0.449 e. The summed E-state index contributed by atoms with van der Waals surface area (Å²) in [5.74, 6) is 0. The van der Waals surface area contributed by atoms with E-state index in [1.54, 1.807) is 6.92 Å². The second-order valence-electron chi connectivity index (χ2n) is 3.97. The molecular formula is C9H18N4O4S2. The summed E-state index contributed by atoms with van der Waals surface area (Å²) in [6.07, 6.45) is -0.965. The Balaban J connectivity index is 2.49. The van der Waals surface area contributed by atoms with Crippen molar-refractivity contribution >= 4 is 33.5 Å². The van der Waals surface area contributed by atoms with Crippen LogP contribution in [-0.4, -0.2) is 68.0 Å². The molecule has 1 aliphatic heterocycles. The van der Waals surface area contributed by atoms with Gasteiger partial charge < -0.3 is 10.5 Å². The first-order chi connectivity index (χ1) is 8.85. The fraction of sp³-hybridized carbons (Fsp3) is 0.778. The number of nitrogens with two attached hydrogens (primary N) is 1. The predicted octanol–water partition coefficient (Wildman–Crippen LogP) is -1.12. The Hall–Kier alpha value is -0.970. The first-order valence-electron chi connectivity index (χ1n) is 5.80. The van der Waals surface area contributed by atoms with Gasteiger partial charge in [-0.05, 0) is 6.92 Å². The van der Waals surface area contributed by atoms with Gasteiger partial charge in [0, 0.05) is 32.7 Å². The average molecular weight is 310 g/mol. The predicted molar refractivity (Wildman–Crippen MR) is 73.9 cm³/mol.